The van der Waals surface area contributed by atoms with E-state index in [1.54, 1.807) is 17.0 Å². The van der Waals surface area contributed by atoms with Gasteiger partial charge in [0.15, 0.2) is 11.5 Å². The zero-order valence-corrected chi connectivity index (χ0v) is 12.7. The Labute approximate surface area is 131 Å². The van der Waals surface area contributed by atoms with Crippen molar-refractivity contribution < 1.29 is 15.0 Å². The first-order valence-corrected chi connectivity index (χ1v) is 7.47. The summed E-state index contributed by atoms with van der Waals surface area (Å²) >= 11 is 0. The topological polar surface area (TPSA) is 113 Å². The highest BCUT2D eigenvalue weighted by atomic mass is 16.3. The lowest BCUT2D eigenvalue weighted by Gasteiger charge is -2.20. The molecule has 0 unspecified atom stereocenters. The third-order valence-corrected chi connectivity index (χ3v) is 3.24. The molecule has 0 saturated carbocycles. The second-order valence-corrected chi connectivity index (χ2v) is 5.04. The van der Waals surface area contributed by atoms with Crippen LogP contribution >= 0.6 is 0 Å². The zero-order valence-electron chi connectivity index (χ0n) is 12.7. The van der Waals surface area contributed by atoms with Gasteiger partial charge in [-0.15, -0.1) is 0 Å². The van der Waals surface area contributed by atoms with E-state index in [0.717, 1.165) is 19.3 Å². The van der Waals surface area contributed by atoms with Gasteiger partial charge in [-0.1, -0.05) is 6.07 Å². The maximum absolute atomic E-state index is 12.2. The van der Waals surface area contributed by atoms with Crippen LogP contribution in [0.2, 0.25) is 0 Å². The van der Waals surface area contributed by atoms with Gasteiger partial charge in [0.2, 0.25) is 5.91 Å². The smallest absolute Gasteiger partial charge is 0.246 e. The minimum Gasteiger partial charge on any atom is -0.504 e. The molecule has 6 heteroatoms. The molecule has 1 rings (SSSR count). The number of carbonyl (C=O) groups is 1. The van der Waals surface area contributed by atoms with Crippen molar-refractivity contribution in [1.29, 1.82) is 0 Å². The highest BCUT2D eigenvalue weighted by Gasteiger charge is 2.09. The first-order valence-electron chi connectivity index (χ1n) is 7.47. The van der Waals surface area contributed by atoms with Crippen molar-refractivity contribution >= 4 is 12.0 Å². The number of aromatic hydroxyl groups is 2. The summed E-state index contributed by atoms with van der Waals surface area (Å²) in [4.78, 5) is 14.0. The van der Waals surface area contributed by atoms with Crippen molar-refractivity contribution in [3.05, 3.63) is 29.8 Å². The molecule has 0 heterocycles. The number of amides is 1. The average molecular weight is 307 g/mol. The van der Waals surface area contributed by atoms with E-state index in [1.165, 1.54) is 18.2 Å². The fraction of sp³-hybridized carbons (Fsp3) is 0.438. The third kappa shape index (κ3) is 6.15. The van der Waals surface area contributed by atoms with Crippen LogP contribution in [0.25, 0.3) is 6.08 Å². The Hall–Kier alpha value is -2.05. The molecule has 0 bridgehead atoms. The summed E-state index contributed by atoms with van der Waals surface area (Å²) in [6.07, 6.45) is 5.56. The Morgan fingerprint density at radius 3 is 2.36 bits per heavy atom. The van der Waals surface area contributed by atoms with E-state index in [1.807, 2.05) is 0 Å². The molecule has 122 valence electrons. The molecule has 0 saturated heterocycles. The summed E-state index contributed by atoms with van der Waals surface area (Å²) in [6.45, 7) is 2.42. The quantitative estimate of drug-likeness (QED) is 0.309. The van der Waals surface area contributed by atoms with E-state index in [4.69, 9.17) is 11.5 Å². The number of hydrogen-bond acceptors (Lipinski definition) is 5. The molecule has 1 aromatic carbocycles. The molecule has 1 amide bonds. The van der Waals surface area contributed by atoms with E-state index < -0.39 is 0 Å². The van der Waals surface area contributed by atoms with Crippen LogP contribution in [0.1, 0.15) is 24.8 Å². The summed E-state index contributed by atoms with van der Waals surface area (Å²) in [7, 11) is 0. The van der Waals surface area contributed by atoms with Crippen LogP contribution in [0.4, 0.5) is 0 Å². The normalized spacial score (nSPS) is 11.0. The number of phenolic OH excluding ortho intramolecular Hbond substituents is 2. The van der Waals surface area contributed by atoms with Crippen molar-refractivity contribution in [2.24, 2.45) is 11.5 Å². The molecule has 0 aliphatic carbocycles. The number of nitrogens with two attached hydrogens (primary N) is 2. The lowest BCUT2D eigenvalue weighted by molar-refractivity contribution is -0.126. The number of phenols is 2. The van der Waals surface area contributed by atoms with Crippen LogP contribution in [0, 0.1) is 0 Å². The van der Waals surface area contributed by atoms with Gasteiger partial charge in [0.05, 0.1) is 0 Å². The van der Waals surface area contributed by atoms with Crippen molar-refractivity contribution in [2.45, 2.75) is 19.3 Å². The Balaban J connectivity index is 2.66. The van der Waals surface area contributed by atoms with E-state index in [2.05, 4.69) is 0 Å². The molecule has 0 radical (unpaired) electrons. The Morgan fingerprint density at radius 2 is 1.73 bits per heavy atom. The molecule has 0 aromatic heterocycles. The van der Waals surface area contributed by atoms with E-state index in [-0.39, 0.29) is 17.4 Å². The fourth-order valence-corrected chi connectivity index (χ4v) is 1.98. The van der Waals surface area contributed by atoms with E-state index in [9.17, 15) is 15.0 Å². The maximum Gasteiger partial charge on any atom is 0.246 e. The molecule has 0 aliphatic rings. The largest absolute Gasteiger partial charge is 0.504 e. The van der Waals surface area contributed by atoms with Gasteiger partial charge < -0.3 is 26.6 Å². The highest BCUT2D eigenvalue weighted by Crippen LogP contribution is 2.25. The summed E-state index contributed by atoms with van der Waals surface area (Å²) < 4.78 is 0. The summed E-state index contributed by atoms with van der Waals surface area (Å²) in [5, 5.41) is 18.7. The van der Waals surface area contributed by atoms with Crippen LogP contribution < -0.4 is 11.5 Å². The maximum atomic E-state index is 12.2. The minimum atomic E-state index is -0.211. The van der Waals surface area contributed by atoms with Gasteiger partial charge in [-0.3, -0.25) is 4.79 Å². The Morgan fingerprint density at radius 1 is 1.05 bits per heavy atom. The van der Waals surface area contributed by atoms with Crippen LogP contribution in [0.3, 0.4) is 0 Å². The van der Waals surface area contributed by atoms with Crippen LogP contribution in [-0.2, 0) is 4.79 Å². The van der Waals surface area contributed by atoms with E-state index in [0.29, 0.717) is 31.7 Å². The van der Waals surface area contributed by atoms with E-state index >= 15 is 0 Å². The summed E-state index contributed by atoms with van der Waals surface area (Å²) in [5.74, 6) is -0.495. The van der Waals surface area contributed by atoms with Gasteiger partial charge in [-0.05, 0) is 56.1 Å². The molecule has 6 nitrogen and oxygen atoms in total. The van der Waals surface area contributed by atoms with Crippen LogP contribution in [0.15, 0.2) is 24.3 Å². The zero-order chi connectivity index (χ0) is 16.4. The number of unbranched alkanes of at least 4 members (excludes halogenated alkanes) is 1. The number of benzene rings is 1. The van der Waals surface area contributed by atoms with Gasteiger partial charge in [0, 0.05) is 19.2 Å². The van der Waals surface area contributed by atoms with Crippen LogP contribution in [-0.4, -0.2) is 47.2 Å². The molecule has 0 atom stereocenters. The predicted octanol–water partition coefficient (Wildman–Crippen LogP) is 1.03. The Bertz CT molecular complexity index is 503. The lowest BCUT2D eigenvalue weighted by Crippen LogP contribution is -2.32. The summed E-state index contributed by atoms with van der Waals surface area (Å²) in [6, 6.07) is 4.40. The highest BCUT2D eigenvalue weighted by molar-refractivity contribution is 5.91. The van der Waals surface area contributed by atoms with Gasteiger partial charge in [0.25, 0.3) is 0 Å². The van der Waals surface area contributed by atoms with Gasteiger partial charge >= 0.3 is 0 Å². The number of nitrogens with zero attached hydrogens (tertiary/aromatic N) is 1. The van der Waals surface area contributed by atoms with Gasteiger partial charge in [-0.25, -0.2) is 0 Å². The van der Waals surface area contributed by atoms with Gasteiger partial charge in [-0.2, -0.15) is 0 Å². The number of rotatable bonds is 9. The SMILES string of the molecule is NCCCCN(CCCN)C(=O)/C=C/c1ccc(O)c(O)c1. The Kier molecular flexibility index (Phi) is 8.03. The first-order chi connectivity index (χ1) is 10.6. The number of hydrogen-bond donors (Lipinski definition) is 4. The van der Waals surface area contributed by atoms with Crippen molar-refractivity contribution in [3.8, 4) is 11.5 Å². The molecule has 1 aromatic rings. The second kappa shape index (κ2) is 9.81. The molecular weight excluding hydrogens is 282 g/mol. The molecular formula is C16H25N3O3. The molecule has 22 heavy (non-hydrogen) atoms. The first kappa shape index (κ1) is 18.0. The average Bonchev–Trinajstić information content (AvgIpc) is 2.51. The van der Waals surface area contributed by atoms with Crippen molar-refractivity contribution in [3.63, 3.8) is 0 Å². The predicted molar refractivity (Wildman–Crippen MR) is 87.3 cm³/mol. The lowest BCUT2D eigenvalue weighted by atomic mass is 10.2. The molecule has 0 aliphatic heterocycles. The van der Waals surface area contributed by atoms with Crippen molar-refractivity contribution in [1.82, 2.24) is 4.90 Å². The minimum absolute atomic E-state index is 0.0990. The second-order valence-electron chi connectivity index (χ2n) is 5.04. The monoisotopic (exact) mass is 307 g/mol. The standard InChI is InChI=1S/C16H25N3O3/c17-8-1-2-10-19(11-3-9-18)16(22)7-5-13-4-6-14(20)15(21)12-13/h4-7,12,20-21H,1-3,8-11,17-18H2/b7-5+. The molecule has 0 spiro atoms. The third-order valence-electron chi connectivity index (χ3n) is 3.24. The number of carbonyl (C=O) groups excluding carboxylic acids is 1. The summed E-state index contributed by atoms with van der Waals surface area (Å²) in [5.41, 5.74) is 11.6. The fourth-order valence-electron chi connectivity index (χ4n) is 1.98. The van der Waals surface area contributed by atoms with Crippen molar-refractivity contribution in [2.75, 3.05) is 26.2 Å². The van der Waals surface area contributed by atoms with Crippen LogP contribution in [0.5, 0.6) is 11.5 Å². The molecule has 6 N–H and O–H groups in total. The van der Waals surface area contributed by atoms with Gasteiger partial charge in [0.1, 0.15) is 0 Å². The molecule has 0 fully saturated rings.